The second kappa shape index (κ2) is 4.47. The fourth-order valence-electron chi connectivity index (χ4n) is 1.81. The van der Waals surface area contributed by atoms with Gasteiger partial charge in [-0.15, -0.1) is 0 Å². The van der Waals surface area contributed by atoms with Crippen LogP contribution in [0.25, 0.3) is 0 Å². The van der Waals surface area contributed by atoms with Gasteiger partial charge in [0.05, 0.1) is 0 Å². The Morgan fingerprint density at radius 1 is 1.27 bits per heavy atom. The smallest absolute Gasteiger partial charge is 0.218 e. The quantitative estimate of drug-likeness (QED) is 0.810. The molecule has 0 radical (unpaired) electrons. The predicted octanol–water partition coefficient (Wildman–Crippen LogP) is 2.69. The number of hydrogen-bond acceptors (Lipinski definition) is 1. The molecule has 0 saturated heterocycles. The maximum atomic E-state index is 11.1. The van der Waals surface area contributed by atoms with E-state index in [4.69, 9.17) is 5.73 Å². The van der Waals surface area contributed by atoms with Crippen molar-refractivity contribution in [1.82, 2.24) is 0 Å². The molecule has 2 N–H and O–H groups in total. The van der Waals surface area contributed by atoms with Gasteiger partial charge in [-0.25, -0.2) is 0 Å². The number of carbonyl (C=O) groups is 1. The molecule has 1 rings (SSSR count). The van der Waals surface area contributed by atoms with Crippen LogP contribution in [0.2, 0.25) is 0 Å². The lowest BCUT2D eigenvalue weighted by Crippen LogP contribution is -2.24. The average molecular weight is 205 g/mol. The zero-order valence-electron chi connectivity index (χ0n) is 9.66. The molecule has 0 saturated carbocycles. The van der Waals surface area contributed by atoms with E-state index in [9.17, 15) is 4.79 Å². The van der Waals surface area contributed by atoms with Crippen molar-refractivity contribution in [3.05, 3.63) is 35.9 Å². The van der Waals surface area contributed by atoms with Crippen LogP contribution in [0.15, 0.2) is 30.3 Å². The van der Waals surface area contributed by atoms with Crippen LogP contribution < -0.4 is 5.73 Å². The summed E-state index contributed by atoms with van der Waals surface area (Å²) in [6.07, 6.45) is 0.410. The number of amides is 1. The zero-order valence-corrected chi connectivity index (χ0v) is 9.66. The lowest BCUT2D eigenvalue weighted by Gasteiger charge is -2.30. The van der Waals surface area contributed by atoms with Gasteiger partial charge < -0.3 is 5.73 Å². The first-order chi connectivity index (χ1) is 6.91. The molecule has 2 heteroatoms. The highest BCUT2D eigenvalue weighted by atomic mass is 16.1. The van der Waals surface area contributed by atoms with E-state index < -0.39 is 0 Å². The molecule has 0 aliphatic carbocycles. The average Bonchev–Trinajstić information content (AvgIpc) is 2.14. The van der Waals surface area contributed by atoms with E-state index >= 15 is 0 Å². The number of rotatable bonds is 3. The summed E-state index contributed by atoms with van der Waals surface area (Å²) in [5.41, 5.74) is 6.52. The fraction of sp³-hybridized carbons (Fsp3) is 0.462. The van der Waals surface area contributed by atoms with Crippen molar-refractivity contribution >= 4 is 5.91 Å². The van der Waals surface area contributed by atoms with Crippen LogP contribution in [0, 0.1) is 5.41 Å². The molecule has 2 nitrogen and oxygen atoms in total. The predicted molar refractivity (Wildman–Crippen MR) is 62.4 cm³/mol. The Hall–Kier alpha value is -1.31. The van der Waals surface area contributed by atoms with Gasteiger partial charge in [0.1, 0.15) is 0 Å². The van der Waals surface area contributed by atoms with Gasteiger partial charge >= 0.3 is 0 Å². The number of benzene rings is 1. The van der Waals surface area contributed by atoms with Gasteiger partial charge in [0.25, 0.3) is 0 Å². The Kier molecular flexibility index (Phi) is 3.51. The Bertz CT molecular complexity index is 324. The maximum absolute atomic E-state index is 11.1. The zero-order chi connectivity index (χ0) is 11.5. The van der Waals surface area contributed by atoms with E-state index in [2.05, 4.69) is 32.9 Å². The lowest BCUT2D eigenvalue weighted by atomic mass is 9.74. The van der Waals surface area contributed by atoms with Crippen molar-refractivity contribution in [2.24, 2.45) is 11.1 Å². The topological polar surface area (TPSA) is 43.1 Å². The monoisotopic (exact) mass is 205 g/mol. The number of primary amides is 1. The highest BCUT2D eigenvalue weighted by molar-refractivity contribution is 5.74. The van der Waals surface area contributed by atoms with E-state index in [1.54, 1.807) is 0 Å². The minimum atomic E-state index is -0.237. The van der Waals surface area contributed by atoms with E-state index in [-0.39, 0.29) is 17.2 Å². The van der Waals surface area contributed by atoms with Crippen LogP contribution in [0.3, 0.4) is 0 Å². The molecular formula is C13H19NO. The van der Waals surface area contributed by atoms with E-state index in [0.29, 0.717) is 6.42 Å². The molecule has 0 unspecified atom stereocenters. The third-order valence-electron chi connectivity index (χ3n) is 2.65. The standard InChI is InChI=1S/C13H19NO/c1-13(2,3)11(9-12(14)15)10-7-5-4-6-8-10/h4-8,11H,9H2,1-3H3,(H2,14,15)/t11-/m0/s1. The molecule has 15 heavy (non-hydrogen) atoms. The van der Waals surface area contributed by atoms with Crippen LogP contribution in [0.1, 0.15) is 38.7 Å². The Morgan fingerprint density at radius 3 is 2.20 bits per heavy atom. The van der Waals surface area contributed by atoms with Crippen LogP contribution in [-0.2, 0) is 4.79 Å². The van der Waals surface area contributed by atoms with Gasteiger partial charge in [-0.3, -0.25) is 4.79 Å². The molecule has 0 bridgehead atoms. The molecule has 1 aromatic rings. The van der Waals surface area contributed by atoms with Crippen molar-refractivity contribution in [1.29, 1.82) is 0 Å². The third-order valence-corrected chi connectivity index (χ3v) is 2.65. The summed E-state index contributed by atoms with van der Waals surface area (Å²) in [6, 6.07) is 10.1. The molecular weight excluding hydrogens is 186 g/mol. The first kappa shape index (κ1) is 11.8. The van der Waals surface area contributed by atoms with Crippen LogP contribution in [0.5, 0.6) is 0 Å². The van der Waals surface area contributed by atoms with Crippen molar-refractivity contribution < 1.29 is 4.79 Å². The normalized spacial score (nSPS) is 13.5. The summed E-state index contributed by atoms with van der Waals surface area (Å²) in [5.74, 6) is -0.0463. The number of nitrogens with two attached hydrogens (primary N) is 1. The Labute approximate surface area is 91.5 Å². The summed E-state index contributed by atoms with van der Waals surface area (Å²) in [4.78, 5) is 11.1. The molecule has 0 fully saturated rings. The van der Waals surface area contributed by atoms with Gasteiger partial charge in [-0.05, 0) is 16.9 Å². The van der Waals surface area contributed by atoms with Crippen molar-refractivity contribution in [3.8, 4) is 0 Å². The molecule has 0 spiro atoms. The Morgan fingerprint density at radius 2 is 1.80 bits per heavy atom. The first-order valence-corrected chi connectivity index (χ1v) is 5.24. The van der Waals surface area contributed by atoms with Gasteiger partial charge in [0.15, 0.2) is 0 Å². The van der Waals surface area contributed by atoms with Gasteiger partial charge in [0, 0.05) is 6.42 Å². The highest BCUT2D eigenvalue weighted by Crippen LogP contribution is 2.37. The van der Waals surface area contributed by atoms with Gasteiger partial charge in [-0.1, -0.05) is 51.1 Å². The van der Waals surface area contributed by atoms with E-state index in [1.165, 1.54) is 5.56 Å². The van der Waals surface area contributed by atoms with Crippen LogP contribution >= 0.6 is 0 Å². The highest BCUT2D eigenvalue weighted by Gasteiger charge is 2.27. The molecule has 0 aliphatic rings. The summed E-state index contributed by atoms with van der Waals surface area (Å²) < 4.78 is 0. The third kappa shape index (κ3) is 3.39. The second-order valence-electron chi connectivity index (χ2n) is 5.00. The minimum absolute atomic E-state index is 0.0520. The summed E-state index contributed by atoms with van der Waals surface area (Å²) in [6.45, 7) is 6.40. The summed E-state index contributed by atoms with van der Waals surface area (Å²) in [5, 5.41) is 0. The second-order valence-corrected chi connectivity index (χ2v) is 5.00. The summed E-state index contributed by atoms with van der Waals surface area (Å²) >= 11 is 0. The minimum Gasteiger partial charge on any atom is -0.370 e. The maximum Gasteiger partial charge on any atom is 0.218 e. The molecule has 1 aromatic carbocycles. The molecule has 0 aromatic heterocycles. The largest absolute Gasteiger partial charge is 0.370 e. The molecule has 82 valence electrons. The number of carbonyl (C=O) groups excluding carboxylic acids is 1. The molecule has 0 heterocycles. The fourth-order valence-corrected chi connectivity index (χ4v) is 1.81. The lowest BCUT2D eigenvalue weighted by molar-refractivity contribution is -0.118. The number of hydrogen-bond donors (Lipinski definition) is 1. The molecule has 1 atom stereocenters. The van der Waals surface area contributed by atoms with Crippen LogP contribution in [-0.4, -0.2) is 5.91 Å². The Balaban J connectivity index is 2.97. The van der Waals surface area contributed by atoms with E-state index in [1.807, 2.05) is 18.2 Å². The van der Waals surface area contributed by atoms with Crippen LogP contribution in [0.4, 0.5) is 0 Å². The molecule has 0 aliphatic heterocycles. The summed E-state index contributed by atoms with van der Waals surface area (Å²) in [7, 11) is 0. The van der Waals surface area contributed by atoms with E-state index in [0.717, 1.165) is 0 Å². The molecule has 1 amide bonds. The SMILES string of the molecule is CC(C)(C)[C@@H](CC(N)=O)c1ccccc1. The van der Waals surface area contributed by atoms with Crippen molar-refractivity contribution in [2.75, 3.05) is 0 Å². The first-order valence-electron chi connectivity index (χ1n) is 5.24. The van der Waals surface area contributed by atoms with Crippen molar-refractivity contribution in [2.45, 2.75) is 33.1 Å². The van der Waals surface area contributed by atoms with Gasteiger partial charge in [0.2, 0.25) is 5.91 Å². The van der Waals surface area contributed by atoms with Crippen molar-refractivity contribution in [3.63, 3.8) is 0 Å². The van der Waals surface area contributed by atoms with Gasteiger partial charge in [-0.2, -0.15) is 0 Å².